The molecule has 1 fully saturated rings. The number of carbonyl (C=O) groups is 1. The van der Waals surface area contributed by atoms with Crippen LogP contribution in [0.2, 0.25) is 0 Å². The maximum absolute atomic E-state index is 13.5. The zero-order valence-corrected chi connectivity index (χ0v) is 17.2. The first kappa shape index (κ1) is 20.4. The Balaban J connectivity index is 1.44. The summed E-state index contributed by atoms with van der Waals surface area (Å²) < 4.78 is 28.4. The molecule has 3 aromatic rings. The van der Waals surface area contributed by atoms with Crippen LogP contribution >= 0.6 is 0 Å². The van der Waals surface area contributed by atoms with Crippen LogP contribution in [0.3, 0.4) is 0 Å². The highest BCUT2D eigenvalue weighted by molar-refractivity contribution is 5.84. The minimum absolute atomic E-state index is 0.00214. The number of rotatable bonds is 5. The monoisotopic (exact) mass is 413 g/mol. The lowest BCUT2D eigenvalue weighted by molar-refractivity contribution is -0.133. The number of alkyl halides is 2. The fourth-order valence-electron chi connectivity index (χ4n) is 4.02. The normalized spacial score (nSPS) is 15.3. The molecule has 30 heavy (non-hydrogen) atoms. The van der Waals surface area contributed by atoms with Crippen molar-refractivity contribution in [3.8, 4) is 0 Å². The highest BCUT2D eigenvalue weighted by atomic mass is 19.3. The van der Waals surface area contributed by atoms with Gasteiger partial charge in [0.2, 0.25) is 5.91 Å². The van der Waals surface area contributed by atoms with Crippen LogP contribution in [0.5, 0.6) is 0 Å². The van der Waals surface area contributed by atoms with Gasteiger partial charge in [0.05, 0.1) is 11.1 Å². The second-order valence-corrected chi connectivity index (χ2v) is 7.74. The summed E-state index contributed by atoms with van der Waals surface area (Å²) >= 11 is 0. The summed E-state index contributed by atoms with van der Waals surface area (Å²) in [4.78, 5) is 21.4. The van der Waals surface area contributed by atoms with Crippen molar-refractivity contribution in [3.63, 3.8) is 0 Å². The number of nitrogens with zero attached hydrogens (tertiary/aromatic N) is 5. The van der Waals surface area contributed by atoms with E-state index in [-0.39, 0.29) is 18.0 Å². The number of hydrogen-bond acceptors (Lipinski definition) is 4. The van der Waals surface area contributed by atoms with E-state index in [1.165, 1.54) is 16.3 Å². The summed E-state index contributed by atoms with van der Waals surface area (Å²) in [5.74, 6) is -0.0688. The van der Waals surface area contributed by atoms with Gasteiger partial charge in [0, 0.05) is 44.0 Å². The topological polar surface area (TPSA) is 54.3 Å². The zero-order valence-electron chi connectivity index (χ0n) is 17.2. The molecule has 6 nitrogen and oxygen atoms in total. The van der Waals surface area contributed by atoms with Gasteiger partial charge in [0.1, 0.15) is 6.54 Å². The summed E-state index contributed by atoms with van der Waals surface area (Å²) in [6.07, 6.45) is -2.61. The molecule has 4 rings (SSSR count). The number of benzene rings is 1. The predicted octanol–water partition coefficient (Wildman–Crippen LogP) is 3.33. The van der Waals surface area contributed by atoms with Crippen LogP contribution in [0.25, 0.3) is 11.0 Å². The van der Waals surface area contributed by atoms with Crippen molar-refractivity contribution in [1.82, 2.24) is 24.6 Å². The highest BCUT2D eigenvalue weighted by Gasteiger charge is 2.24. The molecule has 0 atom stereocenters. The minimum atomic E-state index is -2.61. The third-order valence-corrected chi connectivity index (χ3v) is 5.53. The van der Waals surface area contributed by atoms with Crippen LogP contribution in [0.1, 0.15) is 28.9 Å². The third-order valence-electron chi connectivity index (χ3n) is 5.53. The standard InChI is InChI=1S/C22H25F2N5O/c1-15-12-18(21(23)24)20-16(2)26-29(22(20)25-15)14-19(30)28-10-8-27(9-11-28)13-17-6-4-3-5-7-17/h3-7,12,21H,8-11,13-14H2,1-2H3. The molecule has 0 aliphatic carbocycles. The zero-order chi connectivity index (χ0) is 21.3. The summed E-state index contributed by atoms with van der Waals surface area (Å²) in [6, 6.07) is 11.7. The third kappa shape index (κ3) is 4.18. The van der Waals surface area contributed by atoms with E-state index in [0.717, 1.165) is 19.6 Å². The molecule has 3 heterocycles. The summed E-state index contributed by atoms with van der Waals surface area (Å²) in [6.45, 7) is 7.09. The summed E-state index contributed by atoms with van der Waals surface area (Å²) in [5.41, 5.74) is 2.48. The number of hydrogen-bond donors (Lipinski definition) is 0. The lowest BCUT2D eigenvalue weighted by atomic mass is 10.1. The van der Waals surface area contributed by atoms with Crippen molar-refractivity contribution < 1.29 is 13.6 Å². The van der Waals surface area contributed by atoms with Crippen LogP contribution < -0.4 is 0 Å². The number of piperazine rings is 1. The molecule has 1 aromatic carbocycles. The SMILES string of the molecule is Cc1cc(C(F)F)c2c(C)nn(CC(=O)N3CCN(Cc4ccccc4)CC3)c2n1. The smallest absolute Gasteiger partial charge is 0.264 e. The van der Waals surface area contributed by atoms with Gasteiger partial charge in [-0.3, -0.25) is 9.69 Å². The molecule has 0 N–H and O–H groups in total. The Bertz CT molecular complexity index is 1040. The Morgan fingerprint density at radius 3 is 2.47 bits per heavy atom. The molecule has 2 aromatic heterocycles. The van der Waals surface area contributed by atoms with E-state index in [4.69, 9.17) is 0 Å². The van der Waals surface area contributed by atoms with Crippen molar-refractivity contribution in [1.29, 1.82) is 0 Å². The van der Waals surface area contributed by atoms with Gasteiger partial charge in [-0.05, 0) is 25.5 Å². The Hall–Kier alpha value is -2.87. The molecule has 158 valence electrons. The molecule has 1 amide bonds. The first-order chi connectivity index (χ1) is 14.4. The van der Waals surface area contributed by atoms with Gasteiger partial charge in [0.25, 0.3) is 6.43 Å². The molecular weight excluding hydrogens is 388 g/mol. The molecule has 1 saturated heterocycles. The van der Waals surface area contributed by atoms with E-state index in [9.17, 15) is 13.6 Å². The molecular formula is C22H25F2N5O. The second-order valence-electron chi connectivity index (χ2n) is 7.74. The number of aryl methyl sites for hydroxylation is 2. The molecule has 0 radical (unpaired) electrons. The van der Waals surface area contributed by atoms with E-state index >= 15 is 0 Å². The summed E-state index contributed by atoms with van der Waals surface area (Å²) in [5, 5.41) is 4.69. The number of amides is 1. The van der Waals surface area contributed by atoms with Crippen molar-refractivity contribution in [3.05, 3.63) is 58.9 Å². The van der Waals surface area contributed by atoms with Crippen molar-refractivity contribution in [2.75, 3.05) is 26.2 Å². The highest BCUT2D eigenvalue weighted by Crippen LogP contribution is 2.30. The van der Waals surface area contributed by atoms with Crippen LogP contribution in [-0.2, 0) is 17.9 Å². The number of halogens is 2. The van der Waals surface area contributed by atoms with Gasteiger partial charge >= 0.3 is 0 Å². The van der Waals surface area contributed by atoms with Crippen molar-refractivity contribution in [2.45, 2.75) is 33.4 Å². The molecule has 0 bridgehead atoms. The Labute approximate surface area is 174 Å². The van der Waals surface area contributed by atoms with Crippen molar-refractivity contribution in [2.24, 2.45) is 0 Å². The molecule has 0 saturated carbocycles. The van der Waals surface area contributed by atoms with Gasteiger partial charge in [0.15, 0.2) is 5.65 Å². The van der Waals surface area contributed by atoms with E-state index < -0.39 is 6.43 Å². The first-order valence-electron chi connectivity index (χ1n) is 10.1. The van der Waals surface area contributed by atoms with E-state index in [2.05, 4.69) is 27.1 Å². The molecule has 1 aliphatic rings. The average molecular weight is 413 g/mol. The quantitative estimate of drug-likeness (QED) is 0.644. The maximum Gasteiger partial charge on any atom is 0.264 e. The Morgan fingerprint density at radius 2 is 1.80 bits per heavy atom. The van der Waals surface area contributed by atoms with Crippen molar-refractivity contribution >= 4 is 16.9 Å². The first-order valence-corrected chi connectivity index (χ1v) is 10.1. The van der Waals surface area contributed by atoms with E-state index in [1.54, 1.807) is 13.8 Å². The average Bonchev–Trinajstić information content (AvgIpc) is 3.03. The Kier molecular flexibility index (Phi) is 5.76. The van der Waals surface area contributed by atoms with Crippen LogP contribution in [0, 0.1) is 13.8 Å². The lowest BCUT2D eigenvalue weighted by Crippen LogP contribution is -2.49. The molecule has 0 spiro atoms. The van der Waals surface area contributed by atoms with Gasteiger partial charge in [-0.2, -0.15) is 5.10 Å². The number of pyridine rings is 1. The van der Waals surface area contributed by atoms with Gasteiger partial charge < -0.3 is 4.90 Å². The van der Waals surface area contributed by atoms with Gasteiger partial charge in [-0.15, -0.1) is 0 Å². The Morgan fingerprint density at radius 1 is 1.10 bits per heavy atom. The fourth-order valence-corrected chi connectivity index (χ4v) is 4.02. The summed E-state index contributed by atoms with van der Waals surface area (Å²) in [7, 11) is 0. The van der Waals surface area contributed by atoms with E-state index in [0.29, 0.717) is 35.5 Å². The fraction of sp³-hybridized carbons (Fsp3) is 0.409. The van der Waals surface area contributed by atoms with Crippen LogP contribution in [-0.4, -0.2) is 56.7 Å². The lowest BCUT2D eigenvalue weighted by Gasteiger charge is -2.34. The van der Waals surface area contributed by atoms with Crippen LogP contribution in [0.4, 0.5) is 8.78 Å². The molecule has 0 unspecified atom stereocenters. The maximum atomic E-state index is 13.5. The van der Waals surface area contributed by atoms with Gasteiger partial charge in [-0.1, -0.05) is 30.3 Å². The number of fused-ring (bicyclic) bond motifs is 1. The molecule has 8 heteroatoms. The molecule has 1 aliphatic heterocycles. The number of aromatic nitrogens is 3. The van der Waals surface area contributed by atoms with Crippen LogP contribution in [0.15, 0.2) is 36.4 Å². The second kappa shape index (κ2) is 8.47. The largest absolute Gasteiger partial charge is 0.339 e. The predicted molar refractivity (Wildman–Crippen MR) is 110 cm³/mol. The minimum Gasteiger partial charge on any atom is -0.339 e. The van der Waals surface area contributed by atoms with E-state index in [1.807, 2.05) is 23.1 Å². The number of carbonyl (C=O) groups excluding carboxylic acids is 1. The van der Waals surface area contributed by atoms with Gasteiger partial charge in [-0.25, -0.2) is 18.4 Å².